The maximum absolute atomic E-state index is 11.9. The summed E-state index contributed by atoms with van der Waals surface area (Å²) in [7, 11) is 0. The average Bonchev–Trinajstić information content (AvgIpc) is 2.35. The number of amides is 1. The summed E-state index contributed by atoms with van der Waals surface area (Å²) in [5.74, 6) is 0.666. The zero-order chi connectivity index (χ0) is 14.4. The monoisotopic (exact) mass is 263 g/mol. The van der Waals surface area contributed by atoms with Crippen molar-refractivity contribution in [1.29, 1.82) is 0 Å². The molecule has 1 aromatic rings. The average molecular weight is 263 g/mol. The van der Waals surface area contributed by atoms with Crippen molar-refractivity contribution in [2.75, 3.05) is 18.5 Å². The number of carbonyl (C=O) groups is 1. The van der Waals surface area contributed by atoms with Gasteiger partial charge in [-0.05, 0) is 29.9 Å². The van der Waals surface area contributed by atoms with E-state index in [0.29, 0.717) is 18.4 Å². The number of para-hydroxylation sites is 1. The van der Waals surface area contributed by atoms with E-state index in [2.05, 4.69) is 51.2 Å². The minimum absolute atomic E-state index is 0.0862. The maximum atomic E-state index is 11.9. The topological polar surface area (TPSA) is 38.3 Å². The summed E-state index contributed by atoms with van der Waals surface area (Å²) >= 11 is 0. The molecule has 1 rings (SSSR count). The third kappa shape index (κ3) is 4.35. The number of ether oxygens (including phenoxy) is 1. The van der Waals surface area contributed by atoms with Crippen LogP contribution in [-0.4, -0.2) is 19.1 Å². The van der Waals surface area contributed by atoms with Gasteiger partial charge in [0.15, 0.2) is 0 Å². The Balaban J connectivity index is 3.04. The van der Waals surface area contributed by atoms with Crippen LogP contribution in [0, 0.1) is 0 Å². The molecule has 0 heterocycles. The summed E-state index contributed by atoms with van der Waals surface area (Å²) < 4.78 is 5.16. The first-order chi connectivity index (χ1) is 8.97. The van der Waals surface area contributed by atoms with E-state index in [4.69, 9.17) is 4.74 Å². The number of carbonyl (C=O) groups excluding carboxylic acids is 1. The van der Waals surface area contributed by atoms with Crippen LogP contribution in [0.4, 0.5) is 5.69 Å². The predicted molar refractivity (Wildman–Crippen MR) is 79.7 cm³/mol. The van der Waals surface area contributed by atoms with Gasteiger partial charge in [-0.1, -0.05) is 45.9 Å². The van der Waals surface area contributed by atoms with Crippen molar-refractivity contribution < 1.29 is 9.53 Å². The van der Waals surface area contributed by atoms with Crippen LogP contribution in [0.5, 0.6) is 0 Å². The Morgan fingerprint density at radius 3 is 2.11 bits per heavy atom. The lowest BCUT2D eigenvalue weighted by Gasteiger charge is -2.20. The van der Waals surface area contributed by atoms with Gasteiger partial charge in [-0.15, -0.1) is 0 Å². The molecule has 0 fully saturated rings. The molecule has 1 N–H and O–H groups in total. The van der Waals surface area contributed by atoms with Gasteiger partial charge in [0.05, 0.1) is 0 Å². The molecule has 106 valence electrons. The lowest BCUT2D eigenvalue weighted by Crippen LogP contribution is -2.20. The van der Waals surface area contributed by atoms with E-state index in [1.165, 1.54) is 11.1 Å². The SMILES string of the molecule is CCOCC(=O)Nc1c(C(C)C)cccc1C(C)C. The van der Waals surface area contributed by atoms with Gasteiger partial charge in [0.2, 0.25) is 5.91 Å². The van der Waals surface area contributed by atoms with Crippen LogP contribution in [-0.2, 0) is 9.53 Å². The van der Waals surface area contributed by atoms with Crippen molar-refractivity contribution in [3.8, 4) is 0 Å². The molecule has 0 unspecified atom stereocenters. The Kier molecular flexibility index (Phi) is 6.03. The summed E-state index contributed by atoms with van der Waals surface area (Å²) in [4.78, 5) is 11.9. The quantitative estimate of drug-likeness (QED) is 0.845. The fourth-order valence-electron chi connectivity index (χ4n) is 2.07. The molecule has 19 heavy (non-hydrogen) atoms. The first-order valence-corrected chi connectivity index (χ1v) is 6.97. The third-order valence-corrected chi connectivity index (χ3v) is 3.07. The molecule has 3 heteroatoms. The number of rotatable bonds is 6. The maximum Gasteiger partial charge on any atom is 0.250 e. The van der Waals surface area contributed by atoms with Crippen molar-refractivity contribution in [2.24, 2.45) is 0 Å². The van der Waals surface area contributed by atoms with Gasteiger partial charge in [-0.2, -0.15) is 0 Å². The Morgan fingerprint density at radius 2 is 1.68 bits per heavy atom. The number of nitrogens with one attached hydrogen (secondary N) is 1. The molecule has 0 spiro atoms. The van der Waals surface area contributed by atoms with Crippen LogP contribution < -0.4 is 5.32 Å². The van der Waals surface area contributed by atoms with Gasteiger partial charge < -0.3 is 10.1 Å². The fraction of sp³-hybridized carbons (Fsp3) is 0.562. The van der Waals surface area contributed by atoms with Gasteiger partial charge >= 0.3 is 0 Å². The predicted octanol–water partition coefficient (Wildman–Crippen LogP) is 3.91. The second-order valence-electron chi connectivity index (χ2n) is 5.31. The van der Waals surface area contributed by atoms with Crippen LogP contribution in [0.2, 0.25) is 0 Å². The minimum Gasteiger partial charge on any atom is -0.372 e. The molecule has 0 aromatic heterocycles. The highest BCUT2D eigenvalue weighted by molar-refractivity contribution is 5.93. The molecule has 0 saturated heterocycles. The Labute approximate surface area is 116 Å². The number of hydrogen-bond donors (Lipinski definition) is 1. The summed E-state index contributed by atoms with van der Waals surface area (Å²) in [5, 5.41) is 3.01. The fourth-order valence-corrected chi connectivity index (χ4v) is 2.07. The summed E-state index contributed by atoms with van der Waals surface area (Å²) in [6.07, 6.45) is 0. The van der Waals surface area contributed by atoms with E-state index < -0.39 is 0 Å². The van der Waals surface area contributed by atoms with Crippen LogP contribution in [0.1, 0.15) is 57.6 Å². The molecule has 1 aromatic carbocycles. The molecule has 0 atom stereocenters. The highest BCUT2D eigenvalue weighted by atomic mass is 16.5. The van der Waals surface area contributed by atoms with Crippen molar-refractivity contribution >= 4 is 11.6 Å². The Morgan fingerprint density at radius 1 is 1.16 bits per heavy atom. The van der Waals surface area contributed by atoms with E-state index >= 15 is 0 Å². The minimum atomic E-state index is -0.0862. The van der Waals surface area contributed by atoms with Crippen LogP contribution in [0.25, 0.3) is 0 Å². The standard InChI is InChI=1S/C16H25NO2/c1-6-19-10-15(18)17-16-13(11(2)3)8-7-9-14(16)12(4)5/h7-9,11-12H,6,10H2,1-5H3,(H,17,18). The lowest BCUT2D eigenvalue weighted by molar-refractivity contribution is -0.120. The molecule has 0 aliphatic carbocycles. The molecule has 0 radical (unpaired) electrons. The molecule has 0 aliphatic heterocycles. The number of anilines is 1. The van der Waals surface area contributed by atoms with E-state index in [1.807, 2.05) is 6.92 Å². The zero-order valence-corrected chi connectivity index (χ0v) is 12.6. The molecule has 1 amide bonds. The zero-order valence-electron chi connectivity index (χ0n) is 12.6. The van der Waals surface area contributed by atoms with Crippen molar-refractivity contribution in [1.82, 2.24) is 0 Å². The molecule has 0 bridgehead atoms. The van der Waals surface area contributed by atoms with Gasteiger partial charge in [0.1, 0.15) is 6.61 Å². The smallest absolute Gasteiger partial charge is 0.250 e. The van der Waals surface area contributed by atoms with Gasteiger partial charge in [0.25, 0.3) is 0 Å². The highest BCUT2D eigenvalue weighted by Crippen LogP contribution is 2.32. The molecule has 0 saturated carbocycles. The largest absolute Gasteiger partial charge is 0.372 e. The molecule has 0 aliphatic rings. The second-order valence-corrected chi connectivity index (χ2v) is 5.31. The summed E-state index contributed by atoms with van der Waals surface area (Å²) in [5.41, 5.74) is 3.31. The first kappa shape index (κ1) is 15.7. The van der Waals surface area contributed by atoms with Crippen molar-refractivity contribution in [3.05, 3.63) is 29.3 Å². The second kappa shape index (κ2) is 7.29. The van der Waals surface area contributed by atoms with Gasteiger partial charge in [0, 0.05) is 12.3 Å². The lowest BCUT2D eigenvalue weighted by atomic mass is 9.92. The van der Waals surface area contributed by atoms with Crippen molar-refractivity contribution in [2.45, 2.75) is 46.5 Å². The van der Waals surface area contributed by atoms with Gasteiger partial charge in [-0.3, -0.25) is 4.79 Å². The molecular formula is C16H25NO2. The molecule has 3 nitrogen and oxygen atoms in total. The normalized spacial score (nSPS) is 11.1. The van der Waals surface area contributed by atoms with Crippen LogP contribution in [0.15, 0.2) is 18.2 Å². The first-order valence-electron chi connectivity index (χ1n) is 6.97. The van der Waals surface area contributed by atoms with Gasteiger partial charge in [-0.25, -0.2) is 0 Å². The number of hydrogen-bond acceptors (Lipinski definition) is 2. The van der Waals surface area contributed by atoms with E-state index in [-0.39, 0.29) is 12.5 Å². The highest BCUT2D eigenvalue weighted by Gasteiger charge is 2.15. The van der Waals surface area contributed by atoms with Crippen LogP contribution >= 0.6 is 0 Å². The summed E-state index contributed by atoms with van der Waals surface area (Å²) in [6.45, 7) is 11.1. The third-order valence-electron chi connectivity index (χ3n) is 3.07. The summed E-state index contributed by atoms with van der Waals surface area (Å²) in [6, 6.07) is 6.21. The van der Waals surface area contributed by atoms with E-state index in [9.17, 15) is 4.79 Å². The Bertz CT molecular complexity index is 399. The van der Waals surface area contributed by atoms with E-state index in [1.54, 1.807) is 0 Å². The van der Waals surface area contributed by atoms with Crippen molar-refractivity contribution in [3.63, 3.8) is 0 Å². The van der Waals surface area contributed by atoms with Crippen LogP contribution in [0.3, 0.4) is 0 Å². The molecular weight excluding hydrogens is 238 g/mol. The number of benzene rings is 1. The van der Waals surface area contributed by atoms with E-state index in [0.717, 1.165) is 5.69 Å². The Hall–Kier alpha value is -1.35.